The topological polar surface area (TPSA) is 75.4 Å². The molecule has 2 heterocycles. The lowest BCUT2D eigenvalue weighted by Gasteiger charge is -2.00. The van der Waals surface area contributed by atoms with E-state index in [0.717, 1.165) is 18.0 Å². The Morgan fingerprint density at radius 2 is 2.41 bits per heavy atom. The van der Waals surface area contributed by atoms with Crippen LogP contribution in [0.3, 0.4) is 0 Å². The van der Waals surface area contributed by atoms with Gasteiger partial charge in [0.2, 0.25) is 5.76 Å². The van der Waals surface area contributed by atoms with E-state index in [1.54, 1.807) is 23.6 Å². The number of aromatic nitrogens is 1. The summed E-state index contributed by atoms with van der Waals surface area (Å²) in [7, 11) is 0. The van der Waals surface area contributed by atoms with Crippen molar-refractivity contribution < 1.29 is 14.3 Å². The smallest absolute Gasteiger partial charge is 0.371 e. The van der Waals surface area contributed by atoms with Gasteiger partial charge in [-0.2, -0.15) is 0 Å². The van der Waals surface area contributed by atoms with Crippen LogP contribution in [0.4, 0.5) is 0 Å². The van der Waals surface area contributed by atoms with E-state index < -0.39 is 5.97 Å². The lowest BCUT2D eigenvalue weighted by molar-refractivity contribution is 0.0660. The van der Waals surface area contributed by atoms with Crippen molar-refractivity contribution in [3.8, 4) is 0 Å². The number of carboxylic acids is 1. The number of thiazole rings is 1. The largest absolute Gasteiger partial charge is 0.475 e. The number of aromatic carboxylic acids is 1. The molecule has 0 aromatic carbocycles. The molecule has 2 N–H and O–H groups in total. The quantitative estimate of drug-likeness (QED) is 0.766. The first-order valence-corrected chi connectivity index (χ1v) is 6.05. The van der Waals surface area contributed by atoms with Gasteiger partial charge in [0.15, 0.2) is 0 Å². The number of furan rings is 1. The van der Waals surface area contributed by atoms with E-state index in [9.17, 15) is 4.79 Å². The van der Waals surface area contributed by atoms with Crippen molar-refractivity contribution in [2.45, 2.75) is 13.0 Å². The molecule has 0 amide bonds. The van der Waals surface area contributed by atoms with Crippen LogP contribution in [0.5, 0.6) is 0 Å². The monoisotopic (exact) mass is 252 g/mol. The summed E-state index contributed by atoms with van der Waals surface area (Å²) in [5.41, 5.74) is 0. The Hall–Kier alpha value is -1.66. The van der Waals surface area contributed by atoms with Crippen LogP contribution in [0.25, 0.3) is 0 Å². The van der Waals surface area contributed by atoms with E-state index in [4.69, 9.17) is 9.52 Å². The van der Waals surface area contributed by atoms with Crippen LogP contribution in [0, 0.1) is 0 Å². The summed E-state index contributed by atoms with van der Waals surface area (Å²) < 4.78 is 5.11. The number of hydrogen-bond acceptors (Lipinski definition) is 5. The van der Waals surface area contributed by atoms with Crippen molar-refractivity contribution in [2.75, 3.05) is 6.54 Å². The second kappa shape index (κ2) is 5.60. The zero-order valence-corrected chi connectivity index (χ0v) is 9.87. The average Bonchev–Trinajstić information content (AvgIpc) is 2.96. The summed E-state index contributed by atoms with van der Waals surface area (Å²) in [5.74, 6) is -0.442. The zero-order chi connectivity index (χ0) is 12.1. The van der Waals surface area contributed by atoms with Crippen molar-refractivity contribution >= 4 is 17.3 Å². The number of hydrogen-bond donors (Lipinski definition) is 2. The summed E-state index contributed by atoms with van der Waals surface area (Å²) in [5, 5.41) is 14.9. The highest BCUT2D eigenvalue weighted by molar-refractivity contribution is 7.09. The maximum Gasteiger partial charge on any atom is 0.371 e. The van der Waals surface area contributed by atoms with E-state index in [-0.39, 0.29) is 5.76 Å². The molecule has 0 saturated carbocycles. The lowest BCUT2D eigenvalue weighted by atomic mass is 10.4. The Balaban J connectivity index is 1.72. The van der Waals surface area contributed by atoms with E-state index in [0.29, 0.717) is 12.3 Å². The molecule has 0 fully saturated rings. The molecule has 6 heteroatoms. The fraction of sp³-hybridized carbons (Fsp3) is 0.273. The van der Waals surface area contributed by atoms with Gasteiger partial charge in [-0.1, -0.05) is 0 Å². The SMILES string of the molecule is O=C(O)c1ccc(CNCCc2nccs2)o1. The van der Waals surface area contributed by atoms with E-state index >= 15 is 0 Å². The van der Waals surface area contributed by atoms with Gasteiger partial charge in [0.25, 0.3) is 0 Å². The summed E-state index contributed by atoms with van der Waals surface area (Å²) in [6, 6.07) is 3.13. The number of carboxylic acid groups (broad SMARTS) is 1. The van der Waals surface area contributed by atoms with Gasteiger partial charge in [-0.3, -0.25) is 0 Å². The molecule has 0 aliphatic heterocycles. The second-order valence-corrected chi connectivity index (χ2v) is 4.40. The first-order valence-electron chi connectivity index (χ1n) is 5.17. The molecular formula is C11H12N2O3S. The molecule has 0 bridgehead atoms. The molecular weight excluding hydrogens is 240 g/mol. The van der Waals surface area contributed by atoms with Gasteiger partial charge in [-0.25, -0.2) is 9.78 Å². The van der Waals surface area contributed by atoms with Gasteiger partial charge in [0, 0.05) is 24.5 Å². The van der Waals surface area contributed by atoms with Crippen molar-refractivity contribution in [2.24, 2.45) is 0 Å². The van der Waals surface area contributed by atoms with Gasteiger partial charge < -0.3 is 14.8 Å². The highest BCUT2D eigenvalue weighted by Gasteiger charge is 2.08. The van der Waals surface area contributed by atoms with Crippen molar-refractivity contribution in [1.29, 1.82) is 0 Å². The van der Waals surface area contributed by atoms with Gasteiger partial charge in [0.05, 0.1) is 11.6 Å². The number of nitrogens with zero attached hydrogens (tertiary/aromatic N) is 1. The van der Waals surface area contributed by atoms with Crippen LogP contribution in [0.2, 0.25) is 0 Å². The van der Waals surface area contributed by atoms with Crippen molar-refractivity contribution in [3.05, 3.63) is 40.2 Å². The molecule has 0 saturated heterocycles. The highest BCUT2D eigenvalue weighted by Crippen LogP contribution is 2.07. The molecule has 0 atom stereocenters. The third-order valence-electron chi connectivity index (χ3n) is 2.17. The zero-order valence-electron chi connectivity index (χ0n) is 9.05. The third-order valence-corrected chi connectivity index (χ3v) is 3.01. The second-order valence-electron chi connectivity index (χ2n) is 3.42. The number of carbonyl (C=O) groups is 1. The molecule has 0 unspecified atom stereocenters. The summed E-state index contributed by atoms with van der Waals surface area (Å²) in [6.07, 6.45) is 2.65. The minimum Gasteiger partial charge on any atom is -0.475 e. The van der Waals surface area contributed by atoms with E-state index in [2.05, 4.69) is 10.3 Å². The predicted octanol–water partition coefficient (Wildman–Crippen LogP) is 1.77. The predicted molar refractivity (Wildman–Crippen MR) is 63.2 cm³/mol. The van der Waals surface area contributed by atoms with Crippen LogP contribution in [0.15, 0.2) is 28.1 Å². The summed E-state index contributed by atoms with van der Waals surface area (Å²) in [4.78, 5) is 14.7. The lowest BCUT2D eigenvalue weighted by Crippen LogP contribution is -2.16. The maximum atomic E-state index is 10.6. The van der Waals surface area contributed by atoms with Crippen LogP contribution < -0.4 is 5.32 Å². The Morgan fingerprint density at radius 3 is 3.06 bits per heavy atom. The standard InChI is InChI=1S/C11H12N2O3S/c14-11(15)9-2-1-8(16-9)7-12-4-3-10-13-5-6-17-10/h1-2,5-6,12H,3-4,7H2,(H,14,15). The first kappa shape index (κ1) is 11.8. The van der Waals surface area contributed by atoms with Crippen LogP contribution >= 0.6 is 11.3 Å². The fourth-order valence-electron chi connectivity index (χ4n) is 1.37. The van der Waals surface area contributed by atoms with Crippen molar-refractivity contribution in [3.63, 3.8) is 0 Å². The summed E-state index contributed by atoms with van der Waals surface area (Å²) in [6.45, 7) is 1.31. The maximum absolute atomic E-state index is 10.6. The summed E-state index contributed by atoms with van der Waals surface area (Å²) >= 11 is 1.62. The number of nitrogens with one attached hydrogen (secondary N) is 1. The molecule has 17 heavy (non-hydrogen) atoms. The molecule has 0 spiro atoms. The van der Waals surface area contributed by atoms with Crippen LogP contribution in [-0.4, -0.2) is 22.6 Å². The van der Waals surface area contributed by atoms with Crippen LogP contribution in [0.1, 0.15) is 21.3 Å². The minimum atomic E-state index is -1.04. The molecule has 5 nitrogen and oxygen atoms in total. The van der Waals surface area contributed by atoms with E-state index in [1.165, 1.54) is 6.07 Å². The highest BCUT2D eigenvalue weighted by atomic mass is 32.1. The molecule has 2 rings (SSSR count). The Bertz CT molecular complexity index is 479. The van der Waals surface area contributed by atoms with Crippen molar-refractivity contribution in [1.82, 2.24) is 10.3 Å². The molecule has 0 radical (unpaired) electrons. The Kier molecular flexibility index (Phi) is 3.89. The third kappa shape index (κ3) is 3.40. The Morgan fingerprint density at radius 1 is 1.53 bits per heavy atom. The van der Waals surface area contributed by atoms with Gasteiger partial charge >= 0.3 is 5.97 Å². The molecule has 90 valence electrons. The van der Waals surface area contributed by atoms with Crippen LogP contribution in [-0.2, 0) is 13.0 Å². The molecule has 0 aliphatic rings. The van der Waals surface area contributed by atoms with Gasteiger partial charge in [0.1, 0.15) is 5.76 Å². The molecule has 2 aromatic rings. The normalized spacial score (nSPS) is 10.6. The van der Waals surface area contributed by atoms with E-state index in [1.807, 2.05) is 5.38 Å². The average molecular weight is 252 g/mol. The fourth-order valence-corrected chi connectivity index (χ4v) is 1.99. The minimum absolute atomic E-state index is 0.0262. The molecule has 2 aromatic heterocycles. The Labute approximate surface area is 102 Å². The number of rotatable bonds is 6. The van der Waals surface area contributed by atoms with Gasteiger partial charge in [-0.15, -0.1) is 11.3 Å². The first-order chi connectivity index (χ1) is 8.25. The van der Waals surface area contributed by atoms with Gasteiger partial charge in [-0.05, 0) is 12.1 Å². The molecule has 0 aliphatic carbocycles.